The Hall–Kier alpha value is -1.58. The van der Waals surface area contributed by atoms with Crippen LogP contribution < -0.4 is 0 Å². The molecule has 0 bridgehead atoms. The number of allylic oxidation sites excluding steroid dienone is 1. The maximum absolute atomic E-state index is 12.7. The monoisotopic (exact) mass is 331 g/mol. The molecule has 0 fully saturated rings. The number of aromatic nitrogens is 1. The predicted octanol–water partition coefficient (Wildman–Crippen LogP) is 4.13. The number of esters is 1. The fourth-order valence-electron chi connectivity index (χ4n) is 1.20. The van der Waals surface area contributed by atoms with Gasteiger partial charge < -0.3 is 9.15 Å². The first-order chi connectivity index (χ1) is 9.75. The molecule has 21 heavy (non-hydrogen) atoms. The van der Waals surface area contributed by atoms with Gasteiger partial charge in [0, 0.05) is 5.75 Å². The highest BCUT2D eigenvalue weighted by Crippen LogP contribution is 2.34. The van der Waals surface area contributed by atoms with Gasteiger partial charge in [-0.25, -0.2) is 4.79 Å². The van der Waals surface area contributed by atoms with Gasteiger partial charge in [0.25, 0.3) is 11.3 Å². The SMILES string of the molecule is CCOC(=O)c1oc(SCCC=C(F)F)nc1C(F)(F)F. The van der Waals surface area contributed by atoms with E-state index >= 15 is 0 Å². The Labute approximate surface area is 120 Å². The molecule has 1 rings (SSSR count). The smallest absolute Gasteiger partial charge is 0.437 e. The van der Waals surface area contributed by atoms with Gasteiger partial charge in [0.05, 0.1) is 6.61 Å². The number of carbonyl (C=O) groups excluding carboxylic acids is 1. The maximum atomic E-state index is 12.7. The molecular weight excluding hydrogens is 321 g/mol. The number of oxazole rings is 1. The molecule has 0 radical (unpaired) electrons. The van der Waals surface area contributed by atoms with Crippen LogP contribution >= 0.6 is 11.8 Å². The van der Waals surface area contributed by atoms with Crippen molar-refractivity contribution >= 4 is 17.7 Å². The summed E-state index contributed by atoms with van der Waals surface area (Å²) in [5.41, 5.74) is -1.49. The van der Waals surface area contributed by atoms with E-state index in [4.69, 9.17) is 4.42 Å². The molecule has 0 atom stereocenters. The van der Waals surface area contributed by atoms with Gasteiger partial charge in [0.2, 0.25) is 5.76 Å². The number of rotatable bonds is 6. The van der Waals surface area contributed by atoms with Crippen LogP contribution in [0, 0.1) is 0 Å². The van der Waals surface area contributed by atoms with E-state index < -0.39 is 34.9 Å². The lowest BCUT2D eigenvalue weighted by molar-refractivity contribution is -0.141. The van der Waals surface area contributed by atoms with E-state index in [1.54, 1.807) is 0 Å². The normalized spacial score (nSPS) is 11.3. The molecule has 0 unspecified atom stereocenters. The lowest BCUT2D eigenvalue weighted by atomic mass is 10.3. The van der Waals surface area contributed by atoms with Crippen molar-refractivity contribution in [3.63, 3.8) is 0 Å². The molecular formula is C11H10F5NO3S. The van der Waals surface area contributed by atoms with Crippen LogP contribution in [0.1, 0.15) is 29.6 Å². The Kier molecular flexibility index (Phi) is 6.19. The summed E-state index contributed by atoms with van der Waals surface area (Å²) < 4.78 is 70.8. The van der Waals surface area contributed by atoms with Gasteiger partial charge in [0.15, 0.2) is 5.69 Å². The standard InChI is InChI=1S/C11H10F5NO3S/c1-2-19-9(18)7-8(11(14,15)16)17-10(20-7)21-5-3-4-6(12)13/h4H,2-3,5H2,1H3. The number of hydrogen-bond acceptors (Lipinski definition) is 5. The zero-order valence-electron chi connectivity index (χ0n) is 10.7. The zero-order chi connectivity index (χ0) is 16.0. The van der Waals surface area contributed by atoms with E-state index in [2.05, 4.69) is 9.72 Å². The largest absolute Gasteiger partial charge is 0.460 e. The Morgan fingerprint density at radius 3 is 2.62 bits per heavy atom. The first-order valence-corrected chi connectivity index (χ1v) is 6.63. The number of hydrogen-bond donors (Lipinski definition) is 0. The highest BCUT2D eigenvalue weighted by Gasteiger charge is 2.41. The van der Waals surface area contributed by atoms with E-state index in [-0.39, 0.29) is 18.8 Å². The number of ether oxygens (including phenoxy) is 1. The summed E-state index contributed by atoms with van der Waals surface area (Å²) >= 11 is 0.686. The highest BCUT2D eigenvalue weighted by atomic mass is 32.2. The Morgan fingerprint density at radius 1 is 1.43 bits per heavy atom. The summed E-state index contributed by atoms with van der Waals surface area (Å²) in [4.78, 5) is 14.5. The molecule has 0 aliphatic carbocycles. The molecule has 1 aromatic heterocycles. The van der Waals surface area contributed by atoms with Crippen molar-refractivity contribution in [2.24, 2.45) is 0 Å². The lowest BCUT2D eigenvalue weighted by Crippen LogP contribution is -2.14. The minimum Gasteiger partial charge on any atom is -0.460 e. The molecule has 0 aliphatic rings. The van der Waals surface area contributed by atoms with Crippen LogP contribution in [0.2, 0.25) is 0 Å². The van der Waals surface area contributed by atoms with Gasteiger partial charge in [-0.1, -0.05) is 11.8 Å². The molecule has 1 heterocycles. The van der Waals surface area contributed by atoms with E-state index in [0.29, 0.717) is 17.8 Å². The molecule has 0 aliphatic heterocycles. The van der Waals surface area contributed by atoms with Crippen LogP contribution in [0.25, 0.3) is 0 Å². The number of thioether (sulfide) groups is 1. The molecule has 0 amide bonds. The highest BCUT2D eigenvalue weighted by molar-refractivity contribution is 7.99. The average molecular weight is 331 g/mol. The van der Waals surface area contributed by atoms with Crippen LogP contribution in [0.4, 0.5) is 22.0 Å². The zero-order valence-corrected chi connectivity index (χ0v) is 11.5. The van der Waals surface area contributed by atoms with Gasteiger partial charge in [0.1, 0.15) is 0 Å². The van der Waals surface area contributed by atoms with Gasteiger partial charge >= 0.3 is 12.1 Å². The quantitative estimate of drug-likeness (QED) is 0.339. The minimum absolute atomic E-state index is 0.0252. The predicted molar refractivity (Wildman–Crippen MR) is 63.1 cm³/mol. The van der Waals surface area contributed by atoms with E-state index in [1.807, 2.05) is 0 Å². The van der Waals surface area contributed by atoms with Crippen molar-refractivity contribution in [3.05, 3.63) is 23.6 Å². The molecule has 0 spiro atoms. The summed E-state index contributed by atoms with van der Waals surface area (Å²) in [6, 6.07) is 0. The van der Waals surface area contributed by atoms with Crippen LogP contribution in [-0.4, -0.2) is 23.3 Å². The van der Waals surface area contributed by atoms with Gasteiger partial charge in [-0.05, 0) is 19.4 Å². The van der Waals surface area contributed by atoms with Crippen molar-refractivity contribution in [1.29, 1.82) is 0 Å². The molecule has 4 nitrogen and oxygen atoms in total. The fourth-order valence-corrected chi connectivity index (χ4v) is 1.91. The summed E-state index contributed by atoms with van der Waals surface area (Å²) in [6.07, 6.45) is -6.22. The van der Waals surface area contributed by atoms with Crippen LogP contribution in [-0.2, 0) is 10.9 Å². The first-order valence-electron chi connectivity index (χ1n) is 5.64. The number of carbonyl (C=O) groups is 1. The topological polar surface area (TPSA) is 52.3 Å². The second kappa shape index (κ2) is 7.43. The van der Waals surface area contributed by atoms with Crippen molar-refractivity contribution in [3.8, 4) is 0 Å². The molecule has 10 heteroatoms. The molecule has 1 aromatic rings. The summed E-state index contributed by atoms with van der Waals surface area (Å²) in [5.74, 6) is -2.30. The number of halogens is 5. The van der Waals surface area contributed by atoms with Gasteiger partial charge in [-0.15, -0.1) is 0 Å². The third-order valence-electron chi connectivity index (χ3n) is 1.98. The van der Waals surface area contributed by atoms with E-state index in [0.717, 1.165) is 0 Å². The summed E-state index contributed by atoms with van der Waals surface area (Å²) in [6.45, 7) is 1.30. The molecule has 0 aromatic carbocycles. The van der Waals surface area contributed by atoms with Crippen LogP contribution in [0.3, 0.4) is 0 Å². The average Bonchev–Trinajstić information content (AvgIpc) is 2.79. The number of alkyl halides is 3. The third kappa shape index (κ3) is 5.37. The van der Waals surface area contributed by atoms with Crippen molar-refractivity contribution < 1.29 is 35.9 Å². The van der Waals surface area contributed by atoms with Crippen LogP contribution in [0.5, 0.6) is 0 Å². The molecule has 118 valence electrons. The van der Waals surface area contributed by atoms with Crippen LogP contribution in [0.15, 0.2) is 21.8 Å². The third-order valence-corrected chi connectivity index (χ3v) is 2.84. The van der Waals surface area contributed by atoms with Gasteiger partial charge in [-0.3, -0.25) is 0 Å². The fraction of sp³-hybridized carbons (Fsp3) is 0.455. The van der Waals surface area contributed by atoms with E-state index in [1.165, 1.54) is 6.92 Å². The van der Waals surface area contributed by atoms with E-state index in [9.17, 15) is 26.7 Å². The summed E-state index contributed by atoms with van der Waals surface area (Å²) in [7, 11) is 0. The van der Waals surface area contributed by atoms with Crippen molar-refractivity contribution in [2.45, 2.75) is 24.7 Å². The second-order valence-corrected chi connectivity index (χ2v) is 4.55. The Balaban J connectivity index is 2.88. The lowest BCUT2D eigenvalue weighted by Gasteiger charge is -2.03. The Morgan fingerprint density at radius 2 is 2.10 bits per heavy atom. The van der Waals surface area contributed by atoms with Gasteiger partial charge in [-0.2, -0.15) is 26.9 Å². The van der Waals surface area contributed by atoms with Crippen molar-refractivity contribution in [2.75, 3.05) is 12.4 Å². The molecule has 0 N–H and O–H groups in total. The summed E-state index contributed by atoms with van der Waals surface area (Å²) in [5, 5.41) is -0.432. The Bertz CT molecular complexity index is 522. The molecule has 0 saturated heterocycles. The second-order valence-electron chi connectivity index (χ2n) is 3.51. The number of nitrogens with zero attached hydrogens (tertiary/aromatic N) is 1. The maximum Gasteiger partial charge on any atom is 0.437 e. The first kappa shape index (κ1) is 17.5. The molecule has 0 saturated carbocycles. The van der Waals surface area contributed by atoms with Crippen molar-refractivity contribution in [1.82, 2.24) is 4.98 Å². The minimum atomic E-state index is -4.88.